The van der Waals surface area contributed by atoms with E-state index in [-0.39, 0.29) is 6.10 Å². The molecule has 1 aromatic heterocycles. The molecule has 1 unspecified atom stereocenters. The Morgan fingerprint density at radius 2 is 2.17 bits per heavy atom. The van der Waals surface area contributed by atoms with Gasteiger partial charge < -0.3 is 18.7 Å². The van der Waals surface area contributed by atoms with Gasteiger partial charge in [-0.1, -0.05) is 5.16 Å². The van der Waals surface area contributed by atoms with E-state index in [1.165, 1.54) is 0 Å². The van der Waals surface area contributed by atoms with E-state index in [1.54, 1.807) is 20.3 Å². The van der Waals surface area contributed by atoms with Crippen molar-refractivity contribution in [3.63, 3.8) is 0 Å². The van der Waals surface area contributed by atoms with E-state index in [9.17, 15) is 0 Å². The third kappa shape index (κ3) is 3.62. The molecule has 0 radical (unpaired) electrons. The van der Waals surface area contributed by atoms with Crippen LogP contribution in [0.15, 0.2) is 22.7 Å². The summed E-state index contributed by atoms with van der Waals surface area (Å²) in [5.74, 6) is 2.47. The standard InChI is InChI=1S/C16H21N3O4/c1-11-9-19(6-7-22-11)10-15-17-16(18-23-15)13-5-4-12(20-2)8-14(13)21-3/h4-5,8,11H,6-7,9-10H2,1-3H3. The molecule has 1 atom stereocenters. The fourth-order valence-corrected chi connectivity index (χ4v) is 2.64. The highest BCUT2D eigenvalue weighted by Crippen LogP contribution is 2.31. The Morgan fingerprint density at radius 1 is 1.30 bits per heavy atom. The molecule has 0 amide bonds. The second-order valence-corrected chi connectivity index (χ2v) is 5.49. The van der Waals surface area contributed by atoms with Gasteiger partial charge in [-0.2, -0.15) is 4.98 Å². The minimum Gasteiger partial charge on any atom is -0.497 e. The Labute approximate surface area is 135 Å². The van der Waals surface area contributed by atoms with Crippen molar-refractivity contribution < 1.29 is 18.7 Å². The summed E-state index contributed by atoms with van der Waals surface area (Å²) in [7, 11) is 3.22. The van der Waals surface area contributed by atoms with Crippen LogP contribution in [0.2, 0.25) is 0 Å². The van der Waals surface area contributed by atoms with Crippen LogP contribution in [0.1, 0.15) is 12.8 Å². The monoisotopic (exact) mass is 319 g/mol. The highest BCUT2D eigenvalue weighted by Gasteiger charge is 2.20. The molecule has 124 valence electrons. The maximum absolute atomic E-state index is 5.54. The smallest absolute Gasteiger partial charge is 0.241 e. The van der Waals surface area contributed by atoms with Crippen molar-refractivity contribution in [3.05, 3.63) is 24.1 Å². The Balaban J connectivity index is 1.76. The topological polar surface area (TPSA) is 69.9 Å². The van der Waals surface area contributed by atoms with Gasteiger partial charge in [-0.25, -0.2) is 0 Å². The maximum Gasteiger partial charge on any atom is 0.241 e. The molecule has 1 saturated heterocycles. The van der Waals surface area contributed by atoms with Gasteiger partial charge >= 0.3 is 0 Å². The molecule has 0 bridgehead atoms. The van der Waals surface area contributed by atoms with Crippen LogP contribution in [0.5, 0.6) is 11.5 Å². The number of aromatic nitrogens is 2. The summed E-state index contributed by atoms with van der Waals surface area (Å²) in [5, 5.41) is 4.07. The molecule has 0 saturated carbocycles. The number of methoxy groups -OCH3 is 2. The number of benzene rings is 1. The van der Waals surface area contributed by atoms with E-state index in [4.69, 9.17) is 18.7 Å². The second-order valence-electron chi connectivity index (χ2n) is 5.49. The molecule has 0 spiro atoms. The van der Waals surface area contributed by atoms with Gasteiger partial charge in [-0.05, 0) is 19.1 Å². The van der Waals surface area contributed by atoms with Gasteiger partial charge in [0.15, 0.2) is 0 Å². The van der Waals surface area contributed by atoms with E-state index in [0.717, 1.165) is 31.0 Å². The molecule has 1 aliphatic rings. The molecule has 0 aliphatic carbocycles. The zero-order valence-corrected chi connectivity index (χ0v) is 13.6. The largest absolute Gasteiger partial charge is 0.497 e. The van der Waals surface area contributed by atoms with E-state index >= 15 is 0 Å². The quantitative estimate of drug-likeness (QED) is 0.834. The van der Waals surface area contributed by atoms with Crippen LogP contribution in [0.4, 0.5) is 0 Å². The van der Waals surface area contributed by atoms with Crippen molar-refractivity contribution in [2.75, 3.05) is 33.9 Å². The van der Waals surface area contributed by atoms with Gasteiger partial charge in [-0.15, -0.1) is 0 Å². The molecule has 7 heteroatoms. The van der Waals surface area contributed by atoms with Crippen molar-refractivity contribution in [2.24, 2.45) is 0 Å². The van der Waals surface area contributed by atoms with Crippen molar-refractivity contribution >= 4 is 0 Å². The number of morpholine rings is 1. The Bertz CT molecular complexity index is 659. The average molecular weight is 319 g/mol. The predicted octanol–water partition coefficient (Wildman–Crippen LogP) is 1.97. The van der Waals surface area contributed by atoms with Gasteiger partial charge in [-0.3, -0.25) is 4.90 Å². The van der Waals surface area contributed by atoms with Crippen molar-refractivity contribution in [1.29, 1.82) is 0 Å². The molecule has 1 fully saturated rings. The first kappa shape index (κ1) is 15.8. The Kier molecular flexibility index (Phi) is 4.78. The highest BCUT2D eigenvalue weighted by molar-refractivity contribution is 5.65. The third-order valence-electron chi connectivity index (χ3n) is 3.80. The summed E-state index contributed by atoms with van der Waals surface area (Å²) in [5.41, 5.74) is 0.777. The summed E-state index contributed by atoms with van der Waals surface area (Å²) >= 11 is 0. The molecule has 2 aromatic rings. The van der Waals surface area contributed by atoms with Gasteiger partial charge in [0.2, 0.25) is 11.7 Å². The molecule has 7 nitrogen and oxygen atoms in total. The molecule has 0 N–H and O–H groups in total. The molecule has 1 aromatic carbocycles. The number of hydrogen-bond donors (Lipinski definition) is 0. The van der Waals surface area contributed by atoms with E-state index in [2.05, 4.69) is 22.0 Å². The molecular weight excluding hydrogens is 298 g/mol. The van der Waals surface area contributed by atoms with E-state index in [1.807, 2.05) is 12.1 Å². The number of hydrogen-bond acceptors (Lipinski definition) is 7. The lowest BCUT2D eigenvalue weighted by Gasteiger charge is -2.29. The third-order valence-corrected chi connectivity index (χ3v) is 3.80. The fraction of sp³-hybridized carbons (Fsp3) is 0.500. The molecule has 1 aliphatic heterocycles. The summed E-state index contributed by atoms with van der Waals surface area (Å²) in [4.78, 5) is 6.73. The zero-order valence-electron chi connectivity index (χ0n) is 13.6. The maximum atomic E-state index is 5.54. The van der Waals surface area contributed by atoms with Gasteiger partial charge in [0.1, 0.15) is 11.5 Å². The first-order chi connectivity index (χ1) is 11.2. The van der Waals surface area contributed by atoms with E-state index in [0.29, 0.717) is 24.0 Å². The lowest BCUT2D eigenvalue weighted by molar-refractivity contribution is -0.0240. The molecule has 23 heavy (non-hydrogen) atoms. The minimum atomic E-state index is 0.229. The lowest BCUT2D eigenvalue weighted by Crippen LogP contribution is -2.40. The molecular formula is C16H21N3O4. The fourth-order valence-electron chi connectivity index (χ4n) is 2.64. The first-order valence-electron chi connectivity index (χ1n) is 7.58. The molecule has 3 rings (SSSR count). The van der Waals surface area contributed by atoms with Crippen LogP contribution < -0.4 is 9.47 Å². The van der Waals surface area contributed by atoms with Gasteiger partial charge in [0, 0.05) is 19.2 Å². The lowest BCUT2D eigenvalue weighted by atomic mass is 10.2. The van der Waals surface area contributed by atoms with Crippen LogP contribution in [0.25, 0.3) is 11.4 Å². The minimum absolute atomic E-state index is 0.229. The average Bonchev–Trinajstić information content (AvgIpc) is 3.02. The summed E-state index contributed by atoms with van der Waals surface area (Å²) in [6, 6.07) is 5.51. The SMILES string of the molecule is COc1ccc(-c2noc(CN3CCOC(C)C3)n2)c(OC)c1. The van der Waals surface area contributed by atoms with Crippen LogP contribution in [-0.2, 0) is 11.3 Å². The van der Waals surface area contributed by atoms with Crippen molar-refractivity contribution in [3.8, 4) is 22.9 Å². The predicted molar refractivity (Wildman–Crippen MR) is 83.5 cm³/mol. The number of rotatable bonds is 5. The van der Waals surface area contributed by atoms with Crippen LogP contribution >= 0.6 is 0 Å². The van der Waals surface area contributed by atoms with Crippen molar-refractivity contribution in [1.82, 2.24) is 15.0 Å². The second kappa shape index (κ2) is 6.97. The van der Waals surface area contributed by atoms with Crippen molar-refractivity contribution in [2.45, 2.75) is 19.6 Å². The summed E-state index contributed by atoms with van der Waals surface area (Å²) in [6.07, 6.45) is 0.229. The van der Waals surface area contributed by atoms with Gasteiger partial charge in [0.05, 0.1) is 39.0 Å². The van der Waals surface area contributed by atoms with Crippen LogP contribution in [-0.4, -0.2) is 55.1 Å². The number of ether oxygens (including phenoxy) is 3. The van der Waals surface area contributed by atoms with Crippen LogP contribution in [0, 0.1) is 0 Å². The normalized spacial score (nSPS) is 18.8. The zero-order chi connectivity index (χ0) is 16.2. The van der Waals surface area contributed by atoms with Crippen LogP contribution in [0.3, 0.4) is 0 Å². The Hall–Kier alpha value is -2.12. The Morgan fingerprint density at radius 3 is 2.91 bits per heavy atom. The summed E-state index contributed by atoms with van der Waals surface area (Å²) in [6.45, 7) is 5.15. The molecule has 2 heterocycles. The first-order valence-corrected chi connectivity index (χ1v) is 7.58. The highest BCUT2D eigenvalue weighted by atomic mass is 16.5. The number of nitrogens with zero attached hydrogens (tertiary/aromatic N) is 3. The van der Waals surface area contributed by atoms with Gasteiger partial charge in [0.25, 0.3) is 0 Å². The summed E-state index contributed by atoms with van der Waals surface area (Å²) < 4.78 is 21.5. The van der Waals surface area contributed by atoms with E-state index < -0.39 is 0 Å².